The minimum atomic E-state index is -0.303. The van der Waals surface area contributed by atoms with E-state index in [4.69, 9.17) is 21.3 Å². The molecule has 0 N–H and O–H groups in total. The molecule has 2 aromatic carbocycles. The third-order valence-electron chi connectivity index (χ3n) is 6.21. The highest BCUT2D eigenvalue weighted by molar-refractivity contribution is 6.31. The van der Waals surface area contributed by atoms with Crippen LogP contribution in [0.5, 0.6) is 5.75 Å². The second-order valence-electron chi connectivity index (χ2n) is 8.39. The molecule has 0 atom stereocenters. The Bertz CT molecular complexity index is 1110. The summed E-state index contributed by atoms with van der Waals surface area (Å²) in [5.74, 6) is 0.840. The molecule has 1 aromatic heterocycles. The molecule has 1 heterocycles. The van der Waals surface area contributed by atoms with Crippen LogP contribution in [0.3, 0.4) is 0 Å². The van der Waals surface area contributed by atoms with E-state index in [2.05, 4.69) is 11.5 Å². The van der Waals surface area contributed by atoms with E-state index in [1.54, 1.807) is 36.3 Å². The molecule has 0 unspecified atom stereocenters. The van der Waals surface area contributed by atoms with Crippen LogP contribution >= 0.6 is 11.6 Å². The lowest BCUT2D eigenvalue weighted by Crippen LogP contribution is -2.33. The molecule has 0 bridgehead atoms. The maximum atomic E-state index is 13.9. The van der Waals surface area contributed by atoms with E-state index < -0.39 is 0 Å². The number of methoxy groups -OCH3 is 1. The van der Waals surface area contributed by atoms with Crippen LogP contribution in [0, 0.1) is 5.82 Å². The van der Waals surface area contributed by atoms with Crippen molar-refractivity contribution in [3.8, 4) is 5.75 Å². The lowest BCUT2D eigenvalue weighted by Gasteiger charge is -2.25. The topological polar surface area (TPSA) is 47.4 Å². The van der Waals surface area contributed by atoms with Crippen molar-refractivity contribution < 1.29 is 13.9 Å². The fourth-order valence-electron chi connectivity index (χ4n) is 4.59. The summed E-state index contributed by atoms with van der Waals surface area (Å²) < 4.78 is 21.6. The number of nitrogens with zero attached hydrogens (tertiary/aromatic N) is 3. The first-order valence-electron chi connectivity index (χ1n) is 11.3. The molecule has 0 radical (unpaired) electrons. The van der Waals surface area contributed by atoms with Gasteiger partial charge >= 0.3 is 0 Å². The molecule has 4 rings (SSSR count). The van der Waals surface area contributed by atoms with Gasteiger partial charge in [0.2, 0.25) is 0 Å². The summed E-state index contributed by atoms with van der Waals surface area (Å²) in [7, 11) is 1.55. The monoisotopic (exact) mass is 457 g/mol. The van der Waals surface area contributed by atoms with Crippen molar-refractivity contribution in [2.24, 2.45) is 0 Å². The second kappa shape index (κ2) is 9.90. The van der Waals surface area contributed by atoms with Crippen LogP contribution in [0.15, 0.2) is 36.4 Å². The third-order valence-corrected chi connectivity index (χ3v) is 6.44. The number of hydrogen-bond acceptors (Lipinski definition) is 3. The van der Waals surface area contributed by atoms with E-state index in [9.17, 15) is 9.18 Å². The summed E-state index contributed by atoms with van der Waals surface area (Å²) in [6, 6.07) is 10.2. The van der Waals surface area contributed by atoms with Crippen molar-refractivity contribution >= 4 is 28.5 Å². The summed E-state index contributed by atoms with van der Waals surface area (Å²) in [5, 5.41) is 0.485. The van der Waals surface area contributed by atoms with Crippen molar-refractivity contribution in [1.82, 2.24) is 14.5 Å². The molecule has 1 aliphatic carbocycles. The van der Waals surface area contributed by atoms with Gasteiger partial charge in [0.15, 0.2) is 0 Å². The third kappa shape index (κ3) is 4.60. The highest BCUT2D eigenvalue weighted by atomic mass is 35.5. The number of aromatic nitrogens is 2. The zero-order valence-corrected chi connectivity index (χ0v) is 19.4. The standard InChI is InChI=1S/C25H29ClFN3O2/c1-3-4-13-29(25(31)20-14-17(26)9-12-23(20)32-2)16-24-28-21-15-18(27)10-11-22(21)30(24)19-7-5-6-8-19/h9-12,14-15,19H,3-8,13,16H2,1-2H3. The smallest absolute Gasteiger partial charge is 0.258 e. The molecule has 5 nitrogen and oxygen atoms in total. The highest BCUT2D eigenvalue weighted by Crippen LogP contribution is 2.34. The van der Waals surface area contributed by atoms with Crippen LogP contribution < -0.4 is 4.74 Å². The molecule has 1 aliphatic rings. The zero-order valence-electron chi connectivity index (χ0n) is 18.6. The molecule has 1 saturated carbocycles. The number of unbranched alkanes of at least 4 members (excludes halogenated alkanes) is 1. The van der Waals surface area contributed by atoms with Gasteiger partial charge in [-0.2, -0.15) is 0 Å². The lowest BCUT2D eigenvalue weighted by molar-refractivity contribution is 0.0730. The number of imidazole rings is 1. The molecule has 0 saturated heterocycles. The number of amides is 1. The molecule has 0 spiro atoms. The molecular formula is C25H29ClFN3O2. The maximum absolute atomic E-state index is 13.9. The van der Waals surface area contributed by atoms with Gasteiger partial charge in [-0.1, -0.05) is 37.8 Å². The first-order valence-corrected chi connectivity index (χ1v) is 11.7. The van der Waals surface area contributed by atoms with Gasteiger partial charge in [-0.05, 0) is 49.6 Å². The minimum absolute atomic E-state index is 0.144. The van der Waals surface area contributed by atoms with Crippen molar-refractivity contribution in [1.29, 1.82) is 0 Å². The van der Waals surface area contributed by atoms with Crippen LogP contribution in [0.1, 0.15) is 67.7 Å². The Kier molecular flexibility index (Phi) is 6.99. The van der Waals surface area contributed by atoms with Gasteiger partial charge in [0.05, 0.1) is 30.3 Å². The van der Waals surface area contributed by atoms with Crippen molar-refractivity contribution in [3.63, 3.8) is 0 Å². The highest BCUT2D eigenvalue weighted by Gasteiger charge is 2.26. The van der Waals surface area contributed by atoms with Gasteiger partial charge in [-0.3, -0.25) is 4.79 Å². The Labute approximate surface area is 193 Å². The van der Waals surface area contributed by atoms with Crippen molar-refractivity contribution in [2.75, 3.05) is 13.7 Å². The molecule has 0 aliphatic heterocycles. The van der Waals surface area contributed by atoms with Crippen LogP contribution in [0.4, 0.5) is 4.39 Å². The summed E-state index contributed by atoms with van der Waals surface area (Å²) >= 11 is 6.19. The Morgan fingerprint density at radius 2 is 2.03 bits per heavy atom. The number of benzene rings is 2. The summed E-state index contributed by atoms with van der Waals surface area (Å²) in [4.78, 5) is 20.2. The lowest BCUT2D eigenvalue weighted by atomic mass is 10.1. The molecule has 1 fully saturated rings. The van der Waals surface area contributed by atoms with Gasteiger partial charge in [-0.25, -0.2) is 9.37 Å². The number of fused-ring (bicyclic) bond motifs is 1. The fraction of sp³-hybridized carbons (Fsp3) is 0.440. The minimum Gasteiger partial charge on any atom is -0.496 e. The van der Waals surface area contributed by atoms with E-state index in [1.807, 2.05) is 0 Å². The maximum Gasteiger partial charge on any atom is 0.258 e. The summed E-state index contributed by atoms with van der Waals surface area (Å²) in [6.45, 7) is 3.04. The van der Waals surface area contributed by atoms with Crippen LogP contribution in [-0.2, 0) is 6.54 Å². The van der Waals surface area contributed by atoms with Crippen LogP contribution in [-0.4, -0.2) is 34.0 Å². The number of ether oxygens (including phenoxy) is 1. The van der Waals surface area contributed by atoms with Gasteiger partial charge < -0.3 is 14.2 Å². The number of rotatable bonds is 8. The molecule has 1 amide bonds. The Balaban J connectivity index is 1.74. The van der Waals surface area contributed by atoms with E-state index in [0.717, 1.165) is 37.0 Å². The molecule has 170 valence electrons. The number of carbonyl (C=O) groups is 1. The quantitative estimate of drug-likeness (QED) is 0.393. The van der Waals surface area contributed by atoms with E-state index >= 15 is 0 Å². The van der Waals surface area contributed by atoms with Gasteiger partial charge in [0.1, 0.15) is 17.4 Å². The SMILES string of the molecule is CCCCN(Cc1nc2cc(F)ccc2n1C1CCCC1)C(=O)c1cc(Cl)ccc1OC. The average Bonchev–Trinajstić information content (AvgIpc) is 3.43. The number of halogens is 2. The Hall–Kier alpha value is -2.60. The normalized spacial score (nSPS) is 14.2. The van der Waals surface area contributed by atoms with Gasteiger partial charge in [0.25, 0.3) is 5.91 Å². The van der Waals surface area contributed by atoms with E-state index in [-0.39, 0.29) is 11.7 Å². The Morgan fingerprint density at radius 1 is 1.25 bits per heavy atom. The predicted molar refractivity (Wildman–Crippen MR) is 125 cm³/mol. The molecule has 3 aromatic rings. The number of hydrogen-bond donors (Lipinski definition) is 0. The fourth-order valence-corrected chi connectivity index (χ4v) is 4.77. The Morgan fingerprint density at radius 3 is 2.75 bits per heavy atom. The summed E-state index contributed by atoms with van der Waals surface area (Å²) in [6.07, 6.45) is 6.31. The second-order valence-corrected chi connectivity index (χ2v) is 8.83. The first kappa shape index (κ1) is 22.6. The molecular weight excluding hydrogens is 429 g/mol. The van der Waals surface area contributed by atoms with Gasteiger partial charge in [-0.15, -0.1) is 0 Å². The number of carbonyl (C=O) groups excluding carboxylic acids is 1. The predicted octanol–water partition coefficient (Wildman–Crippen LogP) is 6.40. The molecule has 7 heteroatoms. The van der Waals surface area contributed by atoms with E-state index in [1.165, 1.54) is 25.0 Å². The van der Waals surface area contributed by atoms with Crippen molar-refractivity contribution in [2.45, 2.75) is 58.0 Å². The van der Waals surface area contributed by atoms with Crippen LogP contribution in [0.25, 0.3) is 11.0 Å². The molecule has 32 heavy (non-hydrogen) atoms. The van der Waals surface area contributed by atoms with Gasteiger partial charge in [0, 0.05) is 23.7 Å². The van der Waals surface area contributed by atoms with Crippen LogP contribution in [0.2, 0.25) is 5.02 Å². The van der Waals surface area contributed by atoms with Crippen molar-refractivity contribution in [3.05, 3.63) is 58.6 Å². The summed E-state index contributed by atoms with van der Waals surface area (Å²) in [5.41, 5.74) is 2.00. The first-order chi connectivity index (χ1) is 15.5. The van der Waals surface area contributed by atoms with E-state index in [0.29, 0.717) is 41.0 Å². The largest absolute Gasteiger partial charge is 0.496 e. The zero-order chi connectivity index (χ0) is 22.7. The average molecular weight is 458 g/mol.